The quantitative estimate of drug-likeness (QED) is 0.364. The fourth-order valence-electron chi connectivity index (χ4n) is 2.71. The molecule has 4 N–H and O–H groups in total. The van der Waals surface area contributed by atoms with Crippen molar-refractivity contribution in [2.45, 2.75) is 45.3 Å². The number of rotatable bonds is 11. The van der Waals surface area contributed by atoms with Crippen LogP contribution in [-0.4, -0.2) is 57.0 Å². The minimum absolute atomic E-state index is 0.0898. The average Bonchev–Trinajstić information content (AvgIpc) is 2.80. The van der Waals surface area contributed by atoms with Gasteiger partial charge in [-0.15, -0.1) is 0 Å². The molecule has 9 nitrogen and oxygen atoms in total. The second-order valence-electron chi connectivity index (χ2n) is 8.20. The number of hydrogen-bond acceptors (Lipinski definition) is 7. The SMILES string of the molecule is Cc1cnc(OCC(O)CNC(C)(C)CCc2ccccc2)c(C#N)c1.O=C(O)/C=C\C(=O)O. The van der Waals surface area contributed by atoms with Gasteiger partial charge in [-0.05, 0) is 50.8 Å². The molecule has 1 heterocycles. The minimum Gasteiger partial charge on any atom is -0.478 e. The summed E-state index contributed by atoms with van der Waals surface area (Å²) in [6.07, 6.45) is 4.02. The van der Waals surface area contributed by atoms with E-state index in [9.17, 15) is 14.7 Å². The van der Waals surface area contributed by atoms with Gasteiger partial charge in [0.2, 0.25) is 5.88 Å². The molecule has 0 fully saturated rings. The number of aromatic nitrogens is 1. The van der Waals surface area contributed by atoms with Gasteiger partial charge in [-0.25, -0.2) is 14.6 Å². The predicted octanol–water partition coefficient (Wildman–Crippen LogP) is 2.71. The minimum atomic E-state index is -1.26. The van der Waals surface area contributed by atoms with Gasteiger partial charge in [0.25, 0.3) is 0 Å². The van der Waals surface area contributed by atoms with Gasteiger partial charge in [0.15, 0.2) is 0 Å². The molecule has 2 aromatic rings. The molecule has 1 unspecified atom stereocenters. The first kappa shape index (κ1) is 28.3. The second-order valence-corrected chi connectivity index (χ2v) is 8.20. The molecule has 1 aromatic heterocycles. The van der Waals surface area contributed by atoms with Crippen LogP contribution in [0, 0.1) is 18.3 Å². The van der Waals surface area contributed by atoms with E-state index in [0.717, 1.165) is 18.4 Å². The summed E-state index contributed by atoms with van der Waals surface area (Å²) in [5.74, 6) is -2.25. The van der Waals surface area contributed by atoms with Crippen LogP contribution in [0.3, 0.4) is 0 Å². The van der Waals surface area contributed by atoms with Crippen molar-refractivity contribution >= 4 is 11.9 Å². The molecule has 0 aliphatic heterocycles. The van der Waals surface area contributed by atoms with Crippen molar-refractivity contribution < 1.29 is 29.6 Å². The van der Waals surface area contributed by atoms with Crippen LogP contribution < -0.4 is 10.1 Å². The maximum Gasteiger partial charge on any atom is 0.328 e. The third kappa shape index (κ3) is 12.3. The lowest BCUT2D eigenvalue weighted by Gasteiger charge is -2.28. The Morgan fingerprint density at radius 3 is 2.38 bits per heavy atom. The van der Waals surface area contributed by atoms with Gasteiger partial charge < -0.3 is 25.4 Å². The normalized spacial score (nSPS) is 11.7. The van der Waals surface area contributed by atoms with Gasteiger partial charge in [0.1, 0.15) is 24.3 Å². The maximum absolute atomic E-state index is 10.2. The van der Waals surface area contributed by atoms with Crippen molar-refractivity contribution in [1.82, 2.24) is 10.3 Å². The molecule has 0 aliphatic carbocycles. The average molecular weight is 470 g/mol. The Hall–Kier alpha value is -3.74. The molecule has 1 atom stereocenters. The number of carboxylic acids is 2. The lowest BCUT2D eigenvalue weighted by atomic mass is 9.95. The van der Waals surface area contributed by atoms with Gasteiger partial charge >= 0.3 is 11.9 Å². The highest BCUT2D eigenvalue weighted by Gasteiger charge is 2.19. The highest BCUT2D eigenvalue weighted by Crippen LogP contribution is 2.16. The fraction of sp³-hybridized carbons (Fsp3) is 0.360. The molecular weight excluding hydrogens is 438 g/mol. The number of aliphatic hydroxyl groups excluding tert-OH is 1. The van der Waals surface area contributed by atoms with Crippen LogP contribution in [0.1, 0.15) is 37.0 Å². The number of aliphatic carboxylic acids is 2. The topological polar surface area (TPSA) is 153 Å². The summed E-state index contributed by atoms with van der Waals surface area (Å²) in [6.45, 7) is 6.62. The Morgan fingerprint density at radius 1 is 1.21 bits per heavy atom. The van der Waals surface area contributed by atoms with E-state index in [1.807, 2.05) is 25.1 Å². The van der Waals surface area contributed by atoms with Crippen LogP contribution in [0.25, 0.3) is 0 Å². The number of carbonyl (C=O) groups is 2. The lowest BCUT2D eigenvalue weighted by Crippen LogP contribution is -2.45. The highest BCUT2D eigenvalue weighted by atomic mass is 16.5. The molecule has 0 saturated heterocycles. The maximum atomic E-state index is 10.2. The molecule has 34 heavy (non-hydrogen) atoms. The number of nitrogens with one attached hydrogen (secondary N) is 1. The summed E-state index contributed by atoms with van der Waals surface area (Å²) < 4.78 is 5.52. The Bertz CT molecular complexity index is 983. The zero-order valence-electron chi connectivity index (χ0n) is 19.6. The Kier molecular flexibility index (Phi) is 12.0. The third-order valence-corrected chi connectivity index (χ3v) is 4.59. The Balaban J connectivity index is 0.000000620. The number of aryl methyl sites for hydroxylation is 2. The van der Waals surface area contributed by atoms with Gasteiger partial charge in [-0.3, -0.25) is 0 Å². The van der Waals surface area contributed by atoms with E-state index in [0.29, 0.717) is 24.3 Å². The molecular formula is C25H31N3O6. The molecule has 0 bridgehead atoms. The van der Waals surface area contributed by atoms with Crippen LogP contribution in [0.15, 0.2) is 54.7 Å². The number of carboxylic acid groups (broad SMARTS) is 2. The standard InChI is InChI=1S/C21H27N3O2.C4H4O4/c1-16-11-18(12-22)20(23-13-16)26-15-19(25)14-24-21(2,3)10-9-17-7-5-4-6-8-17;5-3(6)1-2-4(7)8/h4-8,11,13,19,24-25H,9-10,14-15H2,1-3H3;1-2H,(H,5,6)(H,7,8)/b;2-1-. The summed E-state index contributed by atoms with van der Waals surface area (Å²) in [7, 11) is 0. The van der Waals surface area contributed by atoms with E-state index in [4.69, 9.17) is 20.2 Å². The number of aliphatic hydroxyl groups is 1. The first-order valence-corrected chi connectivity index (χ1v) is 10.6. The van der Waals surface area contributed by atoms with Crippen LogP contribution in [0.4, 0.5) is 0 Å². The molecule has 0 amide bonds. The second kappa shape index (κ2) is 14.4. The molecule has 182 valence electrons. The van der Waals surface area contributed by atoms with Gasteiger partial charge in [0.05, 0.1) is 0 Å². The molecule has 0 radical (unpaired) electrons. The van der Waals surface area contributed by atoms with Gasteiger partial charge in [-0.2, -0.15) is 5.26 Å². The van der Waals surface area contributed by atoms with Crippen LogP contribution in [0.2, 0.25) is 0 Å². The van der Waals surface area contributed by atoms with Crippen molar-refractivity contribution in [3.63, 3.8) is 0 Å². The Morgan fingerprint density at radius 2 is 1.82 bits per heavy atom. The van der Waals surface area contributed by atoms with E-state index < -0.39 is 18.0 Å². The number of β-amino-alcohol motifs (C(OH)–C–C–N with tert-alkyl or cyclic N) is 1. The highest BCUT2D eigenvalue weighted by molar-refractivity contribution is 5.89. The number of ether oxygens (including phenoxy) is 1. The van der Waals surface area contributed by atoms with Gasteiger partial charge in [-0.1, -0.05) is 30.3 Å². The third-order valence-electron chi connectivity index (χ3n) is 4.59. The molecule has 2 rings (SSSR count). The van der Waals surface area contributed by atoms with Crippen LogP contribution in [-0.2, 0) is 16.0 Å². The fourth-order valence-corrected chi connectivity index (χ4v) is 2.71. The van der Waals surface area contributed by atoms with Crippen LogP contribution in [0.5, 0.6) is 5.88 Å². The molecule has 0 saturated carbocycles. The number of benzene rings is 1. The van der Waals surface area contributed by atoms with E-state index in [-0.39, 0.29) is 18.0 Å². The number of pyridine rings is 1. The molecule has 1 aromatic carbocycles. The van der Waals surface area contributed by atoms with E-state index in [2.05, 4.69) is 42.4 Å². The predicted molar refractivity (Wildman–Crippen MR) is 126 cm³/mol. The molecule has 9 heteroatoms. The summed E-state index contributed by atoms with van der Waals surface area (Å²) in [6, 6.07) is 14.1. The Labute approximate surface area is 199 Å². The summed E-state index contributed by atoms with van der Waals surface area (Å²) in [5, 5.41) is 38.3. The first-order valence-electron chi connectivity index (χ1n) is 10.6. The van der Waals surface area contributed by atoms with E-state index >= 15 is 0 Å². The van der Waals surface area contributed by atoms with Crippen molar-refractivity contribution in [3.05, 3.63) is 71.4 Å². The van der Waals surface area contributed by atoms with Gasteiger partial charge in [0, 0.05) is 30.4 Å². The van der Waals surface area contributed by atoms with Crippen molar-refractivity contribution in [3.8, 4) is 11.9 Å². The van der Waals surface area contributed by atoms with Crippen LogP contribution >= 0.6 is 0 Å². The summed E-state index contributed by atoms with van der Waals surface area (Å²) >= 11 is 0. The monoisotopic (exact) mass is 469 g/mol. The van der Waals surface area contributed by atoms with E-state index in [1.165, 1.54) is 5.56 Å². The first-order chi connectivity index (χ1) is 16.0. The zero-order valence-corrected chi connectivity index (χ0v) is 19.6. The number of nitriles is 1. The summed E-state index contributed by atoms with van der Waals surface area (Å²) in [5.41, 5.74) is 2.49. The van der Waals surface area contributed by atoms with Crippen molar-refractivity contribution in [2.24, 2.45) is 0 Å². The zero-order chi connectivity index (χ0) is 25.6. The largest absolute Gasteiger partial charge is 0.478 e. The van der Waals surface area contributed by atoms with Crippen molar-refractivity contribution in [1.29, 1.82) is 5.26 Å². The smallest absolute Gasteiger partial charge is 0.328 e. The number of nitrogens with zero attached hydrogens (tertiary/aromatic N) is 2. The lowest BCUT2D eigenvalue weighted by molar-refractivity contribution is -0.134. The molecule has 0 spiro atoms. The van der Waals surface area contributed by atoms with E-state index in [1.54, 1.807) is 12.3 Å². The van der Waals surface area contributed by atoms with Crippen molar-refractivity contribution in [2.75, 3.05) is 13.2 Å². The summed E-state index contributed by atoms with van der Waals surface area (Å²) in [4.78, 5) is 23.2. The molecule has 0 aliphatic rings. The number of hydrogen-bond donors (Lipinski definition) is 4.